The highest BCUT2D eigenvalue weighted by molar-refractivity contribution is 5.89. The van der Waals surface area contributed by atoms with Gasteiger partial charge in [-0.05, 0) is 27.7 Å². The van der Waals surface area contributed by atoms with E-state index in [-0.39, 0.29) is 0 Å². The molecule has 4 N–H and O–H groups in total. The fraction of sp³-hybridized carbons (Fsp3) is 0.692. The van der Waals surface area contributed by atoms with E-state index in [4.69, 9.17) is 15.9 Å². The number of nitrogens with two attached hydrogens (primary N) is 1. The molecule has 0 aliphatic carbocycles. The number of hydrogen-bond donors (Lipinski definition) is 3. The first-order valence-electron chi connectivity index (χ1n) is 6.57. The summed E-state index contributed by atoms with van der Waals surface area (Å²) < 4.78 is 0. The molecule has 0 saturated carbocycles. The lowest BCUT2D eigenvalue weighted by atomic mass is 10.3. The Morgan fingerprint density at radius 3 is 1.50 bits per heavy atom. The highest BCUT2D eigenvalue weighted by Crippen LogP contribution is 2.16. The van der Waals surface area contributed by atoms with E-state index in [2.05, 4.69) is 37.7 Å². The predicted molar refractivity (Wildman–Crippen MR) is 76.1 cm³/mol. The van der Waals surface area contributed by atoms with Crippen LogP contribution in [0.1, 0.15) is 27.7 Å². The first kappa shape index (κ1) is 18.6. The molecular formula is C13H25N3O4. The van der Waals surface area contributed by atoms with Gasteiger partial charge in [0.1, 0.15) is 0 Å². The van der Waals surface area contributed by atoms with Crippen molar-refractivity contribution in [3.05, 3.63) is 12.2 Å². The fourth-order valence-electron chi connectivity index (χ4n) is 1.91. The van der Waals surface area contributed by atoms with Gasteiger partial charge in [0.05, 0.1) is 0 Å². The molecule has 0 aromatic carbocycles. The Kier molecular flexibility index (Phi) is 8.05. The molecule has 1 fully saturated rings. The van der Waals surface area contributed by atoms with Gasteiger partial charge in [-0.3, -0.25) is 0 Å². The second-order valence-electron chi connectivity index (χ2n) is 5.20. The summed E-state index contributed by atoms with van der Waals surface area (Å²) in [5, 5.41) is 20.4. The minimum absolute atomic E-state index is 0.329. The maximum absolute atomic E-state index is 9.55. The van der Waals surface area contributed by atoms with Crippen molar-refractivity contribution in [3.63, 3.8) is 0 Å². The molecule has 1 saturated heterocycles. The van der Waals surface area contributed by atoms with Crippen molar-refractivity contribution in [1.29, 1.82) is 0 Å². The van der Waals surface area contributed by atoms with Gasteiger partial charge in [0, 0.05) is 43.4 Å². The van der Waals surface area contributed by atoms with Crippen molar-refractivity contribution in [2.45, 2.75) is 45.8 Å². The molecule has 1 rings (SSSR count). The van der Waals surface area contributed by atoms with Gasteiger partial charge < -0.3 is 15.9 Å². The van der Waals surface area contributed by atoms with E-state index in [0.29, 0.717) is 30.3 Å². The van der Waals surface area contributed by atoms with Crippen LogP contribution in [0, 0.1) is 0 Å². The van der Waals surface area contributed by atoms with Gasteiger partial charge in [0.2, 0.25) is 0 Å². The zero-order chi connectivity index (χ0) is 15.9. The summed E-state index contributed by atoms with van der Waals surface area (Å²) in [6.45, 7) is 10.9. The summed E-state index contributed by atoms with van der Waals surface area (Å²) in [5.74, 6) is -2.51. The van der Waals surface area contributed by atoms with Crippen LogP contribution < -0.4 is 5.73 Å². The molecule has 0 aromatic rings. The monoisotopic (exact) mass is 287 g/mol. The normalized spacial score (nSPS) is 17.8. The topological polar surface area (TPSA) is 107 Å². The Morgan fingerprint density at radius 1 is 1.00 bits per heavy atom. The molecule has 1 aliphatic rings. The lowest BCUT2D eigenvalue weighted by Gasteiger charge is -2.33. The second-order valence-corrected chi connectivity index (χ2v) is 5.20. The number of hydrazine groups is 1. The van der Waals surface area contributed by atoms with Crippen LogP contribution in [0.15, 0.2) is 12.2 Å². The van der Waals surface area contributed by atoms with Crippen LogP contribution in [0.3, 0.4) is 0 Å². The average molecular weight is 287 g/mol. The molecule has 1 aliphatic heterocycles. The molecule has 0 radical (unpaired) electrons. The summed E-state index contributed by atoms with van der Waals surface area (Å²) in [6, 6.07) is 1.47. The van der Waals surface area contributed by atoms with Gasteiger partial charge in [-0.15, -0.1) is 0 Å². The molecule has 0 spiro atoms. The fourth-order valence-corrected chi connectivity index (χ4v) is 1.91. The van der Waals surface area contributed by atoms with Gasteiger partial charge >= 0.3 is 11.9 Å². The molecule has 20 heavy (non-hydrogen) atoms. The maximum Gasteiger partial charge on any atom is 0.328 e. The van der Waals surface area contributed by atoms with Crippen LogP contribution >= 0.6 is 0 Å². The average Bonchev–Trinajstić information content (AvgIpc) is 2.70. The molecular weight excluding hydrogens is 262 g/mol. The minimum Gasteiger partial charge on any atom is -0.478 e. The summed E-state index contributed by atoms with van der Waals surface area (Å²) in [7, 11) is 0. The van der Waals surface area contributed by atoms with E-state index in [1.54, 1.807) is 0 Å². The smallest absolute Gasteiger partial charge is 0.328 e. The van der Waals surface area contributed by atoms with Crippen molar-refractivity contribution in [2.75, 3.05) is 13.1 Å². The van der Waals surface area contributed by atoms with Gasteiger partial charge in [-0.1, -0.05) is 0 Å². The zero-order valence-corrected chi connectivity index (χ0v) is 12.5. The number of carboxylic acid groups (broad SMARTS) is 2. The number of carbonyl (C=O) groups is 2. The third kappa shape index (κ3) is 7.22. The van der Waals surface area contributed by atoms with Crippen molar-refractivity contribution < 1.29 is 19.8 Å². The van der Waals surface area contributed by atoms with Gasteiger partial charge in [0.15, 0.2) is 0 Å². The molecule has 116 valence electrons. The highest BCUT2D eigenvalue weighted by atomic mass is 16.4. The highest BCUT2D eigenvalue weighted by Gasteiger charge is 2.30. The largest absolute Gasteiger partial charge is 0.478 e. The Morgan fingerprint density at radius 2 is 1.30 bits per heavy atom. The van der Waals surface area contributed by atoms with Crippen molar-refractivity contribution in [3.8, 4) is 0 Å². The Labute approximate surface area is 119 Å². The molecule has 0 bridgehead atoms. The molecule has 0 atom stereocenters. The first-order chi connectivity index (χ1) is 9.15. The standard InChI is InChI=1S/C9H21N3.C4H4O4/c1-7(2)11-5-9(10)6-12(11)8(3)4;5-3(6)1-2-4(7)8/h7-9H,5-6,10H2,1-4H3;1-2H,(H,5,6)(H,7,8). The molecule has 7 nitrogen and oxygen atoms in total. The molecule has 0 aromatic heterocycles. The van der Waals surface area contributed by atoms with E-state index in [0.717, 1.165) is 13.1 Å². The summed E-state index contributed by atoms with van der Waals surface area (Å²) in [5.41, 5.74) is 5.91. The molecule has 7 heteroatoms. The van der Waals surface area contributed by atoms with E-state index in [1.165, 1.54) is 0 Å². The van der Waals surface area contributed by atoms with E-state index in [9.17, 15) is 9.59 Å². The summed E-state index contributed by atoms with van der Waals surface area (Å²) in [6.07, 6.45) is 1.12. The number of nitrogens with zero attached hydrogens (tertiary/aromatic N) is 2. The van der Waals surface area contributed by atoms with Gasteiger partial charge in [0.25, 0.3) is 0 Å². The van der Waals surface area contributed by atoms with Crippen LogP contribution in [-0.4, -0.2) is 63.4 Å². The molecule has 0 unspecified atom stereocenters. The van der Waals surface area contributed by atoms with Crippen LogP contribution in [-0.2, 0) is 9.59 Å². The quantitative estimate of drug-likeness (QED) is 0.641. The SMILES string of the molecule is CC(C)N1CC(N)CN1C(C)C.O=C(O)C=CC(=O)O. The van der Waals surface area contributed by atoms with Crippen LogP contribution in [0.25, 0.3) is 0 Å². The van der Waals surface area contributed by atoms with Crippen LogP contribution in [0.2, 0.25) is 0 Å². The van der Waals surface area contributed by atoms with Crippen molar-refractivity contribution in [2.24, 2.45) is 5.73 Å². The number of rotatable bonds is 4. The Bertz CT molecular complexity index is 324. The van der Waals surface area contributed by atoms with Gasteiger partial charge in [-0.2, -0.15) is 0 Å². The van der Waals surface area contributed by atoms with E-state index in [1.807, 2.05) is 0 Å². The lowest BCUT2D eigenvalue weighted by molar-refractivity contribution is -0.134. The molecule has 1 heterocycles. The number of carboxylic acids is 2. The maximum atomic E-state index is 9.55. The number of hydrogen-bond acceptors (Lipinski definition) is 5. The molecule has 0 amide bonds. The van der Waals surface area contributed by atoms with Crippen LogP contribution in [0.4, 0.5) is 0 Å². The van der Waals surface area contributed by atoms with Crippen molar-refractivity contribution in [1.82, 2.24) is 10.0 Å². The number of aliphatic carboxylic acids is 2. The Hall–Kier alpha value is -1.44. The first-order valence-corrected chi connectivity index (χ1v) is 6.57. The van der Waals surface area contributed by atoms with E-state index < -0.39 is 11.9 Å². The third-order valence-electron chi connectivity index (χ3n) is 2.73. The van der Waals surface area contributed by atoms with Gasteiger partial charge in [-0.25, -0.2) is 19.6 Å². The van der Waals surface area contributed by atoms with Crippen molar-refractivity contribution >= 4 is 11.9 Å². The predicted octanol–water partition coefficient (Wildman–Crippen LogP) is 0.375. The summed E-state index contributed by atoms with van der Waals surface area (Å²) >= 11 is 0. The summed E-state index contributed by atoms with van der Waals surface area (Å²) in [4.78, 5) is 19.1. The minimum atomic E-state index is -1.26. The second kappa shape index (κ2) is 8.68. The Balaban J connectivity index is 0.000000396. The van der Waals surface area contributed by atoms with Crippen LogP contribution in [0.5, 0.6) is 0 Å². The van der Waals surface area contributed by atoms with E-state index >= 15 is 0 Å². The third-order valence-corrected chi connectivity index (χ3v) is 2.73. The zero-order valence-electron chi connectivity index (χ0n) is 12.5. The lowest BCUT2D eigenvalue weighted by Crippen LogP contribution is -2.44.